The molecule has 0 spiro atoms. The maximum absolute atomic E-state index is 14.4. The van der Waals surface area contributed by atoms with E-state index in [-0.39, 0.29) is 68.0 Å². The van der Waals surface area contributed by atoms with E-state index in [1.165, 1.54) is 82.2 Å². The van der Waals surface area contributed by atoms with Crippen LogP contribution in [0.5, 0.6) is 11.5 Å². The van der Waals surface area contributed by atoms with Crippen molar-refractivity contribution >= 4 is 77.2 Å². The number of nitrogens with one attached hydrogen (secondary N) is 3. The van der Waals surface area contributed by atoms with Crippen LogP contribution in [0.25, 0.3) is 0 Å². The second-order valence-corrected chi connectivity index (χ2v) is 24.0. The van der Waals surface area contributed by atoms with Crippen LogP contribution in [0.2, 0.25) is 5.02 Å². The number of imide groups is 1. The zero-order valence-electron chi connectivity index (χ0n) is 53.5. The number of rotatable bonds is 19. The van der Waals surface area contributed by atoms with Crippen molar-refractivity contribution in [3.63, 3.8) is 0 Å². The highest BCUT2D eigenvalue weighted by Gasteiger charge is 2.64. The smallest absolute Gasteiger partial charge is 0.413 e. The number of benzene rings is 2. The molecule has 4 N–H and O–H groups in total. The molecule has 92 heavy (non-hydrogen) atoms. The molecule has 9 atom stereocenters. The summed E-state index contributed by atoms with van der Waals surface area (Å²) in [4.78, 5) is 138. The largest absolute Gasteiger partial charge is 0.495 e. The van der Waals surface area contributed by atoms with E-state index < -0.39 is 121 Å². The third-order valence-corrected chi connectivity index (χ3v) is 17.3. The molecular weight excluding hydrogens is 1220 g/mol. The van der Waals surface area contributed by atoms with E-state index >= 15 is 0 Å². The summed E-state index contributed by atoms with van der Waals surface area (Å²) in [6, 6.07) is 6.24. The molecule has 1 unspecified atom stereocenters. The topological polar surface area (TPSA) is 320 Å². The monoisotopic (exact) mass is 1300 g/mol. The molecule has 4 aliphatic heterocycles. The number of likely N-dealkylation sites (N-methyl/N-ethyl adjacent to an activating group) is 3. The maximum Gasteiger partial charge on any atom is 0.413 e. The predicted octanol–water partition coefficient (Wildman–Crippen LogP) is 5.87. The van der Waals surface area contributed by atoms with Gasteiger partial charge < -0.3 is 73.2 Å². The van der Waals surface area contributed by atoms with Crippen LogP contribution >= 0.6 is 11.6 Å². The third-order valence-electron chi connectivity index (χ3n) is 16.9. The molecule has 5 aliphatic rings. The Kier molecular flexibility index (Phi) is 24.4. The van der Waals surface area contributed by atoms with Gasteiger partial charge in [-0.3, -0.25) is 34.2 Å². The number of carbonyl (C=O) groups excluding carboxylic acids is 10. The van der Waals surface area contributed by atoms with Crippen molar-refractivity contribution in [3.8, 4) is 11.5 Å². The van der Waals surface area contributed by atoms with Gasteiger partial charge in [0.1, 0.15) is 59.7 Å². The number of fused-ring (bicyclic) bond motifs is 5. The quantitative estimate of drug-likeness (QED) is 0.0420. The molecule has 0 aromatic heterocycles. The number of ether oxygens (including phenoxy) is 8. The standard InChI is InChI=1S/C64H83ClN8O19/c1-38-17-16-20-49(86-10)64(84)36-48(90-60(81)68-64)39(2)56-63(4,92-56)50(35-54(77)72(8)45-33-42(31-38)34-47(85-9)55(45)65)91-58(79)40(3)71(7)51(74)25-30-87-61(82)69(5)28-29-70(6)62(83)88-37-41-21-22-46(89-59(80)67-43-18-14-12-11-13-15-19-43)44(32-41)57(78)66-26-27-73-52(75)23-24-53(73)76/h14,16-18,20-24,32-34,39-40,43,48-50,56,84H,11-13,15,19,25-31,35-37H2,1-10H3,(H,66,78)(H,67,80)(H,68,81)/t39-,40+,43?,48+,49-,50+,56+,63+,64+/m1/s1. The van der Waals surface area contributed by atoms with E-state index in [1.807, 2.05) is 25.2 Å². The van der Waals surface area contributed by atoms with Crippen LogP contribution in [-0.2, 0) is 65.4 Å². The molecule has 27 nitrogen and oxygen atoms in total. The van der Waals surface area contributed by atoms with Crippen LogP contribution in [0, 0.1) is 5.92 Å². The van der Waals surface area contributed by atoms with E-state index in [4.69, 9.17) is 49.5 Å². The molecule has 0 radical (unpaired) electrons. The molecule has 500 valence electrons. The first-order valence-electron chi connectivity index (χ1n) is 30.4. The number of amides is 9. The molecule has 4 bridgehead atoms. The van der Waals surface area contributed by atoms with Crippen LogP contribution in [0.4, 0.5) is 24.9 Å². The fraction of sp³-hybridized carbons (Fsp3) is 0.531. The lowest BCUT2D eigenvalue weighted by atomic mass is 9.83. The number of hydrogen-bond donors (Lipinski definition) is 4. The highest BCUT2D eigenvalue weighted by atomic mass is 35.5. The van der Waals surface area contributed by atoms with Crippen molar-refractivity contribution in [1.29, 1.82) is 0 Å². The zero-order valence-corrected chi connectivity index (χ0v) is 54.2. The number of epoxide rings is 1. The summed E-state index contributed by atoms with van der Waals surface area (Å²) >= 11 is 6.83. The molecule has 9 amide bonds. The lowest BCUT2D eigenvalue weighted by Crippen LogP contribution is -2.63. The minimum absolute atomic E-state index is 0.0314. The summed E-state index contributed by atoms with van der Waals surface area (Å²) in [7, 11) is 8.57. The van der Waals surface area contributed by atoms with Crippen molar-refractivity contribution in [2.24, 2.45) is 5.92 Å². The highest BCUT2D eigenvalue weighted by Crippen LogP contribution is 2.49. The molecule has 28 heteroatoms. The van der Waals surface area contributed by atoms with Crippen molar-refractivity contribution in [2.75, 3.05) is 80.1 Å². The molecule has 2 fully saturated rings. The van der Waals surface area contributed by atoms with Gasteiger partial charge in [0.05, 0.1) is 43.3 Å². The van der Waals surface area contributed by atoms with Gasteiger partial charge in [-0.25, -0.2) is 24.0 Å². The van der Waals surface area contributed by atoms with Crippen molar-refractivity contribution in [3.05, 3.63) is 100 Å². The molecular formula is C64H83ClN8O19. The number of allylic oxidation sites excluding steroid dienone is 4. The fourth-order valence-electron chi connectivity index (χ4n) is 11.0. The zero-order chi connectivity index (χ0) is 67.2. The fourth-order valence-corrected chi connectivity index (χ4v) is 11.3. The summed E-state index contributed by atoms with van der Waals surface area (Å²) in [5.74, 6) is -4.21. The van der Waals surface area contributed by atoms with Gasteiger partial charge in [-0.1, -0.05) is 73.4 Å². The minimum Gasteiger partial charge on any atom is -0.495 e. The van der Waals surface area contributed by atoms with E-state index in [2.05, 4.69) is 16.0 Å². The molecule has 2 saturated heterocycles. The number of anilines is 1. The molecule has 4 heterocycles. The Morgan fingerprint density at radius 3 is 2.34 bits per heavy atom. The van der Waals surface area contributed by atoms with Crippen LogP contribution < -0.4 is 30.3 Å². The van der Waals surface area contributed by atoms with Gasteiger partial charge >= 0.3 is 30.3 Å². The SMILES string of the molecule is COc1cc2cc(c1Cl)N(C)C(=O)C[C@H](OC(=O)[C@H](C)N(C)C(=O)CCOC(=O)N(C)CCN(C)C(=O)OCc1ccc(OC(=O)NC3C=CCCCCC3)c(C(=O)NCCN3C(=O)C=CC3=O)c1)[C@]1(C)O[C@H]1[C@H](C)[C@@H]1C[C@@](O)(NC(=O)O1)[C@H](OC)C=CC=C(C)C2. The first-order valence-corrected chi connectivity index (χ1v) is 30.7. The number of esters is 1. The lowest BCUT2D eigenvalue weighted by molar-refractivity contribution is -0.162. The van der Waals surface area contributed by atoms with E-state index in [9.17, 15) is 53.1 Å². The predicted molar refractivity (Wildman–Crippen MR) is 332 cm³/mol. The van der Waals surface area contributed by atoms with Crippen LogP contribution in [0.3, 0.4) is 0 Å². The van der Waals surface area contributed by atoms with Crippen LogP contribution in [-0.4, -0.2) is 208 Å². The van der Waals surface area contributed by atoms with Crippen molar-refractivity contribution < 1.29 is 90.9 Å². The second kappa shape index (κ2) is 31.7. The lowest BCUT2D eigenvalue weighted by Gasteiger charge is -2.42. The van der Waals surface area contributed by atoms with E-state index in [0.29, 0.717) is 29.8 Å². The van der Waals surface area contributed by atoms with Gasteiger partial charge in [0.2, 0.25) is 11.8 Å². The van der Waals surface area contributed by atoms with Gasteiger partial charge in [0.25, 0.3) is 17.7 Å². The average Bonchev–Trinajstić information content (AvgIpc) is 1.56. The maximum atomic E-state index is 14.4. The Morgan fingerprint density at radius 2 is 1.64 bits per heavy atom. The molecule has 2 aromatic rings. The van der Waals surface area contributed by atoms with E-state index in [0.717, 1.165) is 58.8 Å². The summed E-state index contributed by atoms with van der Waals surface area (Å²) < 4.78 is 45.9. The number of hydrogen-bond acceptors (Lipinski definition) is 19. The Hall–Kier alpha value is -8.53. The number of aliphatic hydroxyl groups is 1. The Labute approximate surface area is 539 Å². The van der Waals surface area contributed by atoms with Gasteiger partial charge in [-0.05, 0) is 81.8 Å². The number of methoxy groups -OCH3 is 2. The minimum atomic E-state index is -1.91. The van der Waals surface area contributed by atoms with E-state index in [1.54, 1.807) is 38.1 Å². The molecule has 2 aromatic carbocycles. The number of halogens is 1. The normalized spacial score (nSPS) is 24.3. The van der Waals surface area contributed by atoms with Gasteiger partial charge in [-0.2, -0.15) is 0 Å². The molecule has 1 aliphatic carbocycles. The first kappa shape index (κ1) is 70.9. The summed E-state index contributed by atoms with van der Waals surface area (Å²) in [6.07, 6.45) is 7.98. The van der Waals surface area contributed by atoms with Crippen LogP contribution in [0.15, 0.2) is 78.4 Å². The number of alkyl carbamates (subject to hydrolysis) is 1. The Morgan fingerprint density at radius 1 is 0.935 bits per heavy atom. The Bertz CT molecular complexity index is 3230. The summed E-state index contributed by atoms with van der Waals surface area (Å²) in [6.45, 7) is 5.68. The van der Waals surface area contributed by atoms with Crippen molar-refractivity contribution in [2.45, 2.75) is 140 Å². The molecule has 0 saturated carbocycles. The number of nitrogens with zero attached hydrogens (tertiary/aromatic N) is 5. The average molecular weight is 1300 g/mol. The third kappa shape index (κ3) is 18.2. The molecule has 7 rings (SSSR count). The second-order valence-electron chi connectivity index (χ2n) is 23.6. The van der Waals surface area contributed by atoms with Crippen LogP contribution in [0.1, 0.15) is 101 Å². The summed E-state index contributed by atoms with van der Waals surface area (Å²) in [5, 5.41) is 20.0. The van der Waals surface area contributed by atoms with Gasteiger partial charge in [-0.15, -0.1) is 0 Å². The van der Waals surface area contributed by atoms with Gasteiger partial charge in [0, 0.05) is 86.0 Å². The highest BCUT2D eigenvalue weighted by molar-refractivity contribution is 6.35. The van der Waals surface area contributed by atoms with Crippen molar-refractivity contribution in [1.82, 2.24) is 35.6 Å². The first-order chi connectivity index (χ1) is 43.7. The number of carbonyl (C=O) groups is 10. The van der Waals surface area contributed by atoms with Gasteiger partial charge in [0.15, 0.2) is 5.72 Å². The summed E-state index contributed by atoms with van der Waals surface area (Å²) in [5.41, 5.74) is -1.10. The Balaban J connectivity index is 0.927.